The Morgan fingerprint density at radius 3 is 2.67 bits per heavy atom. The minimum Gasteiger partial charge on any atom is -0.327 e. The molecule has 0 fully saturated rings. The lowest BCUT2D eigenvalue weighted by Crippen LogP contribution is -1.93. The van der Waals surface area contributed by atoms with Gasteiger partial charge in [-0.3, -0.25) is 0 Å². The third kappa shape index (κ3) is 2.09. The summed E-state index contributed by atoms with van der Waals surface area (Å²) >= 11 is 0. The first-order valence-electron chi connectivity index (χ1n) is 5.20. The third-order valence-electron chi connectivity index (χ3n) is 2.35. The summed E-state index contributed by atoms with van der Waals surface area (Å²) in [6, 6.07) is 10.1. The summed E-state index contributed by atoms with van der Waals surface area (Å²) in [5.41, 5.74) is 2.06. The van der Waals surface area contributed by atoms with Gasteiger partial charge in [0.25, 0.3) is 0 Å². The van der Waals surface area contributed by atoms with E-state index in [1.54, 1.807) is 4.57 Å². The van der Waals surface area contributed by atoms with Crippen LogP contribution in [0.4, 0.5) is 0 Å². The molecule has 0 unspecified atom stereocenters. The molecule has 2 nitrogen and oxygen atoms in total. The maximum Gasteiger partial charge on any atom is 0.109 e. The van der Waals surface area contributed by atoms with E-state index in [0.29, 0.717) is 0 Å². The maximum atomic E-state index is 5.82. The minimum atomic E-state index is 0.920. The first-order chi connectivity index (χ1) is 7.31. The average Bonchev–Trinajstić information content (AvgIpc) is 2.63. The van der Waals surface area contributed by atoms with Crippen molar-refractivity contribution < 1.29 is 0 Å². The highest BCUT2D eigenvalue weighted by atomic mass is 15.0. The van der Waals surface area contributed by atoms with Gasteiger partial charge < -0.3 is 4.57 Å². The quantitative estimate of drug-likeness (QED) is 0.741. The highest BCUT2D eigenvalue weighted by molar-refractivity contribution is 5.58. The van der Waals surface area contributed by atoms with Gasteiger partial charge in [-0.15, -0.1) is 0 Å². The molecule has 0 saturated heterocycles. The van der Waals surface area contributed by atoms with Crippen molar-refractivity contribution in [3.63, 3.8) is 0 Å². The average molecular weight is 198 g/mol. The zero-order valence-electron chi connectivity index (χ0n) is 8.85. The van der Waals surface area contributed by atoms with Crippen molar-refractivity contribution in [2.75, 3.05) is 0 Å². The number of aromatic nitrogens is 2. The van der Waals surface area contributed by atoms with Crippen molar-refractivity contribution in [3.05, 3.63) is 49.4 Å². The maximum absolute atomic E-state index is 5.82. The van der Waals surface area contributed by atoms with Gasteiger partial charge in [-0.25, -0.2) is 4.98 Å². The van der Waals surface area contributed by atoms with E-state index in [0.717, 1.165) is 29.9 Å². The number of imidazole rings is 1. The molecule has 0 aliphatic heterocycles. The van der Waals surface area contributed by atoms with Crippen LogP contribution in [0.15, 0.2) is 36.5 Å². The van der Waals surface area contributed by atoms with E-state index in [1.807, 2.05) is 36.5 Å². The molecular formula is C13H14N2. The lowest BCUT2D eigenvalue weighted by atomic mass is 10.2. The highest BCUT2D eigenvalue weighted by Crippen LogP contribution is 2.18. The number of nitrogens with zero attached hydrogens (tertiary/aromatic N) is 2. The molecule has 76 valence electrons. The number of benzene rings is 1. The molecule has 2 aromatic rings. The molecule has 2 heteroatoms. The second kappa shape index (κ2) is 4.30. The summed E-state index contributed by atoms with van der Waals surface area (Å²) in [7, 11) is 5.82. The monoisotopic (exact) mass is 198 g/mol. The fraction of sp³-hybridized carbons (Fsp3) is 0.231. The van der Waals surface area contributed by atoms with E-state index >= 15 is 0 Å². The normalized spacial score (nSPS) is 10.5. The smallest absolute Gasteiger partial charge is 0.109 e. The van der Waals surface area contributed by atoms with Gasteiger partial charge in [-0.1, -0.05) is 37.3 Å². The largest absolute Gasteiger partial charge is 0.327 e. The van der Waals surface area contributed by atoms with Crippen molar-refractivity contribution in [2.45, 2.75) is 19.8 Å². The molecule has 1 aromatic heterocycles. The minimum absolute atomic E-state index is 0.920. The molecule has 0 saturated carbocycles. The van der Waals surface area contributed by atoms with Crippen LogP contribution in [-0.4, -0.2) is 9.55 Å². The van der Waals surface area contributed by atoms with Crippen molar-refractivity contribution in [3.8, 4) is 11.3 Å². The molecule has 2 rings (SSSR count). The third-order valence-corrected chi connectivity index (χ3v) is 2.35. The molecule has 2 radical (unpaired) electrons. The number of hydrogen-bond donors (Lipinski definition) is 0. The van der Waals surface area contributed by atoms with Crippen LogP contribution in [0.3, 0.4) is 0 Å². The molecule has 0 aliphatic rings. The van der Waals surface area contributed by atoms with Crippen LogP contribution in [0, 0.1) is 7.05 Å². The summed E-state index contributed by atoms with van der Waals surface area (Å²) in [4.78, 5) is 4.51. The van der Waals surface area contributed by atoms with E-state index in [4.69, 9.17) is 7.05 Å². The molecule has 1 heterocycles. The van der Waals surface area contributed by atoms with Crippen LogP contribution in [0.5, 0.6) is 0 Å². The second-order valence-electron chi connectivity index (χ2n) is 3.57. The predicted molar refractivity (Wildman–Crippen MR) is 61.4 cm³/mol. The summed E-state index contributed by atoms with van der Waals surface area (Å²) in [6.45, 7) is 2.12. The van der Waals surface area contributed by atoms with Crippen molar-refractivity contribution in [1.82, 2.24) is 9.55 Å². The van der Waals surface area contributed by atoms with Gasteiger partial charge in [0, 0.05) is 18.2 Å². The number of hydrogen-bond acceptors (Lipinski definition) is 1. The standard InChI is InChI=1S/C13H14N2/c1-3-7-13-14-12(10-15(13)2)11-8-5-4-6-9-11/h2,4-6,8-10H,3,7H2,1H3. The zero-order chi connectivity index (χ0) is 10.7. The van der Waals surface area contributed by atoms with Gasteiger partial charge in [-0.2, -0.15) is 0 Å². The summed E-state index contributed by atoms with van der Waals surface area (Å²) in [6.07, 6.45) is 3.85. The second-order valence-corrected chi connectivity index (χ2v) is 3.57. The zero-order valence-corrected chi connectivity index (χ0v) is 8.85. The SMILES string of the molecule is [CH]n1cc(-c2ccccc2)nc1CCC. The van der Waals surface area contributed by atoms with Gasteiger partial charge in [0.15, 0.2) is 0 Å². The number of aryl methyl sites for hydroxylation is 1. The van der Waals surface area contributed by atoms with E-state index in [2.05, 4.69) is 11.9 Å². The van der Waals surface area contributed by atoms with E-state index in [1.165, 1.54) is 0 Å². The molecule has 0 atom stereocenters. The summed E-state index contributed by atoms with van der Waals surface area (Å²) < 4.78 is 1.62. The summed E-state index contributed by atoms with van der Waals surface area (Å²) in [5.74, 6) is 0.941. The van der Waals surface area contributed by atoms with Crippen LogP contribution in [-0.2, 0) is 6.42 Å². The first-order valence-corrected chi connectivity index (χ1v) is 5.20. The molecule has 15 heavy (non-hydrogen) atoms. The van der Waals surface area contributed by atoms with E-state index in [9.17, 15) is 0 Å². The Hall–Kier alpha value is -1.57. The highest BCUT2D eigenvalue weighted by Gasteiger charge is 2.05. The molecule has 0 bridgehead atoms. The predicted octanol–water partition coefficient (Wildman–Crippen LogP) is 3.02. The first kappa shape index (κ1) is 9.97. The molecule has 0 spiro atoms. The molecule has 0 aliphatic carbocycles. The Morgan fingerprint density at radius 1 is 1.27 bits per heavy atom. The van der Waals surface area contributed by atoms with Gasteiger partial charge in [0.2, 0.25) is 0 Å². The van der Waals surface area contributed by atoms with Gasteiger partial charge >= 0.3 is 0 Å². The lowest BCUT2D eigenvalue weighted by molar-refractivity contribution is 0.807. The number of rotatable bonds is 3. The Morgan fingerprint density at radius 2 is 2.00 bits per heavy atom. The topological polar surface area (TPSA) is 17.8 Å². The lowest BCUT2D eigenvalue weighted by Gasteiger charge is -1.95. The van der Waals surface area contributed by atoms with E-state index < -0.39 is 0 Å². The van der Waals surface area contributed by atoms with Gasteiger partial charge in [0.1, 0.15) is 5.82 Å². The molecular weight excluding hydrogens is 184 g/mol. The fourth-order valence-corrected chi connectivity index (χ4v) is 1.59. The van der Waals surface area contributed by atoms with Crippen LogP contribution in [0.2, 0.25) is 0 Å². The van der Waals surface area contributed by atoms with Crippen LogP contribution in [0.1, 0.15) is 19.2 Å². The Balaban J connectivity index is 2.34. The molecule has 0 N–H and O–H groups in total. The Labute approximate surface area is 90.6 Å². The van der Waals surface area contributed by atoms with Crippen LogP contribution in [0.25, 0.3) is 11.3 Å². The van der Waals surface area contributed by atoms with Crippen molar-refractivity contribution in [1.29, 1.82) is 0 Å². The van der Waals surface area contributed by atoms with Gasteiger partial charge in [0.05, 0.1) is 12.7 Å². The molecule has 1 aromatic carbocycles. The Bertz CT molecular complexity index is 429. The van der Waals surface area contributed by atoms with Gasteiger partial charge in [-0.05, 0) is 6.42 Å². The van der Waals surface area contributed by atoms with Crippen LogP contribution >= 0.6 is 0 Å². The van der Waals surface area contributed by atoms with Crippen molar-refractivity contribution >= 4 is 0 Å². The van der Waals surface area contributed by atoms with Crippen LogP contribution < -0.4 is 0 Å². The van der Waals surface area contributed by atoms with Crippen molar-refractivity contribution in [2.24, 2.45) is 0 Å². The van der Waals surface area contributed by atoms with E-state index in [-0.39, 0.29) is 0 Å². The fourth-order valence-electron chi connectivity index (χ4n) is 1.59. The molecule has 0 amide bonds. The Kier molecular flexibility index (Phi) is 2.86. The summed E-state index contributed by atoms with van der Waals surface area (Å²) in [5, 5.41) is 0.